The highest BCUT2D eigenvalue weighted by molar-refractivity contribution is 8.00. The third-order valence-electron chi connectivity index (χ3n) is 3.35. The average Bonchev–Trinajstić information content (AvgIpc) is 2.69. The van der Waals surface area contributed by atoms with Gasteiger partial charge in [0.25, 0.3) is 0 Å². The van der Waals surface area contributed by atoms with Crippen molar-refractivity contribution in [3.63, 3.8) is 0 Å². The topological polar surface area (TPSA) is 38.0 Å². The molecule has 1 heterocycles. The van der Waals surface area contributed by atoms with Crippen LogP contribution < -0.4 is 11.1 Å². The first-order valence-electron chi connectivity index (χ1n) is 6.22. The molecule has 1 aliphatic rings. The van der Waals surface area contributed by atoms with E-state index in [1.165, 1.54) is 6.07 Å². The Hall–Kier alpha value is -0.590. The molecule has 0 saturated carbocycles. The second kappa shape index (κ2) is 5.66. The van der Waals surface area contributed by atoms with E-state index < -0.39 is 11.7 Å². The molecule has 7 heteroatoms. The van der Waals surface area contributed by atoms with E-state index in [-0.39, 0.29) is 10.6 Å². The van der Waals surface area contributed by atoms with Crippen LogP contribution in [0.25, 0.3) is 0 Å². The summed E-state index contributed by atoms with van der Waals surface area (Å²) in [6, 6.07) is 3.51. The van der Waals surface area contributed by atoms with Crippen molar-refractivity contribution in [2.45, 2.75) is 30.3 Å². The number of nitrogens with two attached hydrogens (primary N) is 1. The van der Waals surface area contributed by atoms with Crippen molar-refractivity contribution >= 4 is 29.1 Å². The van der Waals surface area contributed by atoms with Gasteiger partial charge in [-0.3, -0.25) is 0 Å². The second-order valence-corrected chi connectivity index (χ2v) is 7.02. The monoisotopic (exact) mass is 324 g/mol. The van der Waals surface area contributed by atoms with E-state index in [4.69, 9.17) is 17.3 Å². The molecule has 0 bridgehead atoms. The maximum atomic E-state index is 12.8. The Morgan fingerprint density at radius 1 is 1.45 bits per heavy atom. The molecule has 1 saturated heterocycles. The Bertz CT molecular complexity index is 495. The van der Waals surface area contributed by atoms with Crippen LogP contribution >= 0.6 is 23.4 Å². The van der Waals surface area contributed by atoms with Crippen LogP contribution in [0.15, 0.2) is 18.2 Å². The molecule has 2 nitrogen and oxygen atoms in total. The zero-order chi connectivity index (χ0) is 15.0. The average molecular weight is 325 g/mol. The molecule has 0 amide bonds. The molecule has 0 radical (unpaired) electrons. The van der Waals surface area contributed by atoms with Crippen LogP contribution in [-0.4, -0.2) is 23.1 Å². The summed E-state index contributed by atoms with van der Waals surface area (Å²) in [6.07, 6.45) is -3.59. The number of anilines is 1. The molecule has 1 fully saturated rings. The number of alkyl halides is 3. The number of thioether (sulfide) groups is 1. The predicted molar refractivity (Wildman–Crippen MR) is 78.4 cm³/mol. The standard InChI is InChI=1S/C13H16ClF3N2S/c1-8-5-12(6-18,7-20-8)19-11-3-9(13(15,16)17)2-10(14)4-11/h2-4,8,19H,5-7,18H2,1H3. The number of hydrogen-bond donors (Lipinski definition) is 2. The molecule has 2 rings (SSSR count). The van der Waals surface area contributed by atoms with E-state index >= 15 is 0 Å². The third kappa shape index (κ3) is 3.54. The molecule has 0 aromatic heterocycles. The summed E-state index contributed by atoms with van der Waals surface area (Å²) in [7, 11) is 0. The van der Waals surface area contributed by atoms with Crippen molar-refractivity contribution in [2.75, 3.05) is 17.6 Å². The van der Waals surface area contributed by atoms with Crippen molar-refractivity contribution in [1.29, 1.82) is 0 Å². The summed E-state index contributed by atoms with van der Waals surface area (Å²) in [5, 5.41) is 3.66. The largest absolute Gasteiger partial charge is 0.416 e. The lowest BCUT2D eigenvalue weighted by atomic mass is 9.95. The highest BCUT2D eigenvalue weighted by atomic mass is 35.5. The van der Waals surface area contributed by atoms with Gasteiger partial charge in [-0.2, -0.15) is 24.9 Å². The molecule has 1 aromatic carbocycles. The van der Waals surface area contributed by atoms with Crippen molar-refractivity contribution in [3.8, 4) is 0 Å². The smallest absolute Gasteiger partial charge is 0.377 e. The summed E-state index contributed by atoms with van der Waals surface area (Å²) >= 11 is 7.55. The summed E-state index contributed by atoms with van der Waals surface area (Å²) in [4.78, 5) is 0. The first-order chi connectivity index (χ1) is 9.24. The number of benzene rings is 1. The fourth-order valence-electron chi connectivity index (χ4n) is 2.38. The first kappa shape index (κ1) is 15.8. The van der Waals surface area contributed by atoms with Crippen LogP contribution in [0.3, 0.4) is 0 Å². The lowest BCUT2D eigenvalue weighted by molar-refractivity contribution is -0.137. The number of halogens is 4. The Labute approximate surface area is 125 Å². The number of nitrogens with one attached hydrogen (secondary N) is 1. The minimum Gasteiger partial charge on any atom is -0.377 e. The minimum absolute atomic E-state index is 0.0631. The fraction of sp³-hybridized carbons (Fsp3) is 0.538. The van der Waals surface area contributed by atoms with Gasteiger partial charge in [-0.05, 0) is 24.6 Å². The van der Waals surface area contributed by atoms with Gasteiger partial charge in [-0.15, -0.1) is 0 Å². The van der Waals surface area contributed by atoms with Gasteiger partial charge in [-0.1, -0.05) is 18.5 Å². The van der Waals surface area contributed by atoms with Crippen LogP contribution in [0.5, 0.6) is 0 Å². The van der Waals surface area contributed by atoms with Crippen LogP contribution in [0.2, 0.25) is 5.02 Å². The van der Waals surface area contributed by atoms with Gasteiger partial charge in [0.2, 0.25) is 0 Å². The van der Waals surface area contributed by atoms with Gasteiger partial charge < -0.3 is 11.1 Å². The van der Waals surface area contributed by atoms with Crippen molar-refractivity contribution in [3.05, 3.63) is 28.8 Å². The van der Waals surface area contributed by atoms with Gasteiger partial charge in [0.1, 0.15) is 0 Å². The molecule has 1 aliphatic heterocycles. The molecular weight excluding hydrogens is 309 g/mol. The molecule has 3 N–H and O–H groups in total. The van der Waals surface area contributed by atoms with Gasteiger partial charge in [0.05, 0.1) is 11.1 Å². The molecule has 0 aliphatic carbocycles. The quantitative estimate of drug-likeness (QED) is 0.882. The zero-order valence-corrected chi connectivity index (χ0v) is 12.5. The SMILES string of the molecule is CC1CC(CN)(Nc2cc(Cl)cc(C(F)(F)F)c2)CS1. The van der Waals surface area contributed by atoms with Crippen molar-refractivity contribution < 1.29 is 13.2 Å². The highest BCUT2D eigenvalue weighted by Crippen LogP contribution is 2.38. The van der Waals surface area contributed by atoms with E-state index in [9.17, 15) is 13.2 Å². The first-order valence-corrected chi connectivity index (χ1v) is 7.64. The molecule has 2 unspecified atom stereocenters. The van der Waals surface area contributed by atoms with Crippen LogP contribution in [0.4, 0.5) is 18.9 Å². The Morgan fingerprint density at radius 3 is 2.65 bits per heavy atom. The Kier molecular flexibility index (Phi) is 4.47. The summed E-state index contributed by atoms with van der Waals surface area (Å²) in [5.41, 5.74) is 5.06. The van der Waals surface area contributed by atoms with E-state index in [1.54, 1.807) is 11.8 Å². The van der Waals surface area contributed by atoms with Gasteiger partial charge in [0, 0.05) is 28.3 Å². The second-order valence-electron chi connectivity index (χ2n) is 5.16. The van der Waals surface area contributed by atoms with E-state index in [0.717, 1.165) is 24.3 Å². The predicted octanol–water partition coefficient (Wildman–Crippen LogP) is 3.99. The van der Waals surface area contributed by atoms with E-state index in [2.05, 4.69) is 12.2 Å². The van der Waals surface area contributed by atoms with Gasteiger partial charge in [-0.25, -0.2) is 0 Å². The van der Waals surface area contributed by atoms with Crippen molar-refractivity contribution in [2.24, 2.45) is 5.73 Å². The highest BCUT2D eigenvalue weighted by Gasteiger charge is 2.37. The van der Waals surface area contributed by atoms with Gasteiger partial charge in [0.15, 0.2) is 0 Å². The van der Waals surface area contributed by atoms with Crippen molar-refractivity contribution in [1.82, 2.24) is 0 Å². The molecule has 20 heavy (non-hydrogen) atoms. The molecule has 0 spiro atoms. The summed E-state index contributed by atoms with van der Waals surface area (Å²) in [5.74, 6) is 0.776. The minimum atomic E-state index is -4.41. The normalized spacial score (nSPS) is 26.8. The van der Waals surface area contributed by atoms with E-state index in [0.29, 0.717) is 17.5 Å². The van der Waals surface area contributed by atoms with Crippen LogP contribution in [0.1, 0.15) is 18.9 Å². The molecule has 1 aromatic rings. The molecule has 2 atom stereocenters. The Balaban J connectivity index is 2.27. The number of hydrogen-bond acceptors (Lipinski definition) is 3. The van der Waals surface area contributed by atoms with Crippen LogP contribution in [0, 0.1) is 0 Å². The summed E-state index contributed by atoms with van der Waals surface area (Å²) in [6.45, 7) is 2.46. The van der Waals surface area contributed by atoms with E-state index in [1.807, 2.05) is 0 Å². The summed E-state index contributed by atoms with van der Waals surface area (Å²) < 4.78 is 38.4. The molecule has 112 valence electrons. The zero-order valence-electron chi connectivity index (χ0n) is 10.9. The maximum Gasteiger partial charge on any atom is 0.416 e. The maximum absolute atomic E-state index is 12.8. The van der Waals surface area contributed by atoms with Crippen LogP contribution in [-0.2, 0) is 6.18 Å². The third-order valence-corrected chi connectivity index (χ3v) is 5.02. The Morgan fingerprint density at radius 2 is 2.15 bits per heavy atom. The van der Waals surface area contributed by atoms with Gasteiger partial charge >= 0.3 is 6.18 Å². The molecular formula is C13H16ClF3N2S. The lowest BCUT2D eigenvalue weighted by Crippen LogP contribution is -2.46. The lowest BCUT2D eigenvalue weighted by Gasteiger charge is -2.30. The fourth-order valence-corrected chi connectivity index (χ4v) is 3.97. The number of rotatable bonds is 3.